The van der Waals surface area contributed by atoms with E-state index < -0.39 is 5.97 Å². The maximum atomic E-state index is 13.5. The first-order chi connectivity index (χ1) is 19.0. The van der Waals surface area contributed by atoms with Gasteiger partial charge in [0.1, 0.15) is 11.6 Å². The highest BCUT2D eigenvalue weighted by atomic mass is 35.5. The molecule has 2 heterocycles. The average Bonchev–Trinajstić information content (AvgIpc) is 3.15. The lowest BCUT2D eigenvalue weighted by Gasteiger charge is -2.28. The molecule has 1 amide bonds. The van der Waals surface area contributed by atoms with Crippen molar-refractivity contribution in [1.82, 2.24) is 14.7 Å². The smallest absolute Gasteiger partial charge is 0.343 e. The molecule has 3 aromatic rings. The Hall–Kier alpha value is -3.56. The van der Waals surface area contributed by atoms with Gasteiger partial charge in [0, 0.05) is 24.7 Å². The summed E-state index contributed by atoms with van der Waals surface area (Å²) in [5, 5.41) is 7.93. The van der Waals surface area contributed by atoms with E-state index in [4.69, 9.17) is 16.3 Å². The molecule has 0 aliphatic carbocycles. The lowest BCUT2D eigenvalue weighted by Crippen LogP contribution is -2.36. The number of carbonyl (C=O) groups excluding carboxylic acids is 2. The van der Waals surface area contributed by atoms with E-state index in [2.05, 4.69) is 54.7 Å². The highest BCUT2D eigenvalue weighted by Crippen LogP contribution is 2.37. The fourth-order valence-electron chi connectivity index (χ4n) is 4.74. The van der Waals surface area contributed by atoms with Gasteiger partial charge in [-0.05, 0) is 77.1 Å². The minimum Gasteiger partial charge on any atom is -0.482 e. The van der Waals surface area contributed by atoms with Crippen LogP contribution in [0.25, 0.3) is 0 Å². The van der Waals surface area contributed by atoms with Gasteiger partial charge in [0.15, 0.2) is 6.61 Å². The first-order valence-electron chi connectivity index (χ1n) is 13.4. The van der Waals surface area contributed by atoms with Crippen molar-refractivity contribution in [1.29, 1.82) is 0 Å². The molecule has 0 unspecified atom stereocenters. The predicted octanol–water partition coefficient (Wildman–Crippen LogP) is 5.96. The molecule has 1 aliphatic rings. The predicted molar refractivity (Wildman–Crippen MR) is 160 cm³/mol. The number of nitrogens with one attached hydrogen (secondary N) is 1. The van der Waals surface area contributed by atoms with E-state index in [-0.39, 0.29) is 17.5 Å². The summed E-state index contributed by atoms with van der Waals surface area (Å²) in [6, 6.07) is 11.9. The normalized spacial score (nSPS) is 12.2. The molecule has 40 heavy (non-hydrogen) atoms. The second-order valence-corrected chi connectivity index (χ2v) is 10.6. The van der Waals surface area contributed by atoms with Crippen molar-refractivity contribution < 1.29 is 19.1 Å². The summed E-state index contributed by atoms with van der Waals surface area (Å²) in [5.74, 6) is 0.440. The Bertz CT molecular complexity index is 1330. The average molecular weight is 570 g/mol. The second kappa shape index (κ2) is 13.7. The molecular formula is C30H40ClN5O4. The number of hydrogen-bond donors (Lipinski definition) is 1. The van der Waals surface area contributed by atoms with Gasteiger partial charge in [0.2, 0.25) is 0 Å². The van der Waals surface area contributed by atoms with Crippen LogP contribution in [0.5, 0.6) is 5.75 Å². The second-order valence-electron chi connectivity index (χ2n) is 10.2. The van der Waals surface area contributed by atoms with Crippen LogP contribution in [0.2, 0.25) is 5.02 Å². The molecule has 0 radical (unpaired) electrons. The molecule has 9 nitrogen and oxygen atoms in total. The monoisotopic (exact) mass is 569 g/mol. The van der Waals surface area contributed by atoms with E-state index in [1.54, 1.807) is 27.9 Å². The summed E-state index contributed by atoms with van der Waals surface area (Å²) >= 11 is 6.41. The number of rotatable bonds is 7. The van der Waals surface area contributed by atoms with Crippen molar-refractivity contribution >= 4 is 40.7 Å². The third kappa shape index (κ3) is 7.34. The van der Waals surface area contributed by atoms with Gasteiger partial charge in [0.05, 0.1) is 41.8 Å². The van der Waals surface area contributed by atoms with Crippen LogP contribution in [-0.2, 0) is 23.1 Å². The summed E-state index contributed by atoms with van der Waals surface area (Å²) < 4.78 is 11.7. The van der Waals surface area contributed by atoms with Gasteiger partial charge in [-0.15, -0.1) is 0 Å². The van der Waals surface area contributed by atoms with Crippen LogP contribution in [0, 0.1) is 6.92 Å². The third-order valence-corrected chi connectivity index (χ3v) is 7.04. The largest absolute Gasteiger partial charge is 0.482 e. The number of carbonyl (C=O) groups is 2. The summed E-state index contributed by atoms with van der Waals surface area (Å²) in [6.07, 6.45) is 1.74. The first kappa shape index (κ1) is 31.0. The Morgan fingerprint density at radius 1 is 1.12 bits per heavy atom. The Balaban J connectivity index is 0.000000424. The van der Waals surface area contributed by atoms with Crippen LogP contribution >= 0.6 is 11.6 Å². The highest BCUT2D eigenvalue weighted by Gasteiger charge is 2.28. The van der Waals surface area contributed by atoms with E-state index in [9.17, 15) is 9.59 Å². The fourth-order valence-corrected chi connectivity index (χ4v) is 4.99. The molecule has 0 saturated carbocycles. The lowest BCUT2D eigenvalue weighted by atomic mass is 10.1. The van der Waals surface area contributed by atoms with Crippen molar-refractivity contribution in [2.75, 3.05) is 30.5 Å². The van der Waals surface area contributed by atoms with Crippen LogP contribution in [0.3, 0.4) is 0 Å². The molecule has 1 N–H and O–H groups in total. The molecule has 1 aromatic heterocycles. The van der Waals surface area contributed by atoms with Crippen molar-refractivity contribution in [2.45, 2.75) is 60.2 Å². The number of hydrogen-bond acceptors (Lipinski definition) is 7. The highest BCUT2D eigenvalue weighted by molar-refractivity contribution is 6.34. The molecule has 1 aliphatic heterocycles. The van der Waals surface area contributed by atoms with Crippen molar-refractivity contribution in [3.8, 4) is 5.75 Å². The van der Waals surface area contributed by atoms with Gasteiger partial charge in [-0.25, -0.2) is 4.79 Å². The number of amides is 1. The number of esters is 1. The van der Waals surface area contributed by atoms with E-state index in [1.165, 1.54) is 13.2 Å². The minimum absolute atomic E-state index is 0.227. The van der Waals surface area contributed by atoms with E-state index >= 15 is 0 Å². The fraction of sp³-hybridized carbons (Fsp3) is 0.433. The van der Waals surface area contributed by atoms with Gasteiger partial charge in [-0.3, -0.25) is 14.4 Å². The summed E-state index contributed by atoms with van der Waals surface area (Å²) in [6.45, 7) is 14.4. The zero-order valence-electron chi connectivity index (χ0n) is 24.6. The molecule has 0 bridgehead atoms. The molecule has 4 rings (SSSR count). The van der Waals surface area contributed by atoms with Crippen molar-refractivity contribution in [3.05, 3.63) is 64.3 Å². The number of aromatic nitrogens is 2. The zero-order chi connectivity index (χ0) is 29.6. The summed E-state index contributed by atoms with van der Waals surface area (Å²) in [4.78, 5) is 28.9. The third-order valence-electron chi connectivity index (χ3n) is 6.73. The van der Waals surface area contributed by atoms with Crippen LogP contribution in [0.15, 0.2) is 42.6 Å². The number of fused-ring (bicyclic) bond motifs is 2. The molecular weight excluding hydrogens is 530 g/mol. The maximum absolute atomic E-state index is 13.5. The molecule has 0 spiro atoms. The standard InChI is InChI=1S/C22H21ClN4O4.C8H19N/c1-13-4-7-19-18(8-13)25-21-14(10-24-26(21)2)11-27(19)22(29)16-6-5-15(9-17(16)23)31-12-20(28)30-3;1-6-9(7(2)3)8(4)5/h4-10,25H,11-12H2,1-3H3;7-8H,6H2,1-5H3. The molecule has 2 aromatic carbocycles. The Morgan fingerprint density at radius 2 is 1.82 bits per heavy atom. The van der Waals surface area contributed by atoms with Gasteiger partial charge in [-0.2, -0.15) is 5.10 Å². The molecule has 0 atom stereocenters. The van der Waals surface area contributed by atoms with E-state index in [1.807, 2.05) is 32.2 Å². The molecule has 0 saturated heterocycles. The van der Waals surface area contributed by atoms with Gasteiger partial charge in [0.25, 0.3) is 5.91 Å². The number of ether oxygens (including phenoxy) is 2. The number of nitrogens with zero attached hydrogens (tertiary/aromatic N) is 4. The first-order valence-corrected chi connectivity index (χ1v) is 13.8. The summed E-state index contributed by atoms with van der Waals surface area (Å²) in [7, 11) is 3.13. The van der Waals surface area contributed by atoms with Crippen LogP contribution in [0.4, 0.5) is 17.2 Å². The number of benzene rings is 2. The van der Waals surface area contributed by atoms with Gasteiger partial charge >= 0.3 is 5.97 Å². The van der Waals surface area contributed by atoms with E-state index in [0.717, 1.165) is 34.9 Å². The SMILES string of the molecule is CCN(C(C)C)C(C)C.COC(=O)COc1ccc(C(=O)N2Cc3cnn(C)c3Nc3cc(C)ccc32)c(Cl)c1. The van der Waals surface area contributed by atoms with Gasteiger partial charge < -0.3 is 19.7 Å². The van der Waals surface area contributed by atoms with Crippen LogP contribution in [0.1, 0.15) is 56.1 Å². The number of anilines is 3. The Morgan fingerprint density at radius 3 is 2.40 bits per heavy atom. The van der Waals surface area contributed by atoms with Gasteiger partial charge in [-0.1, -0.05) is 24.6 Å². The maximum Gasteiger partial charge on any atom is 0.343 e. The lowest BCUT2D eigenvalue weighted by molar-refractivity contribution is -0.142. The van der Waals surface area contributed by atoms with Crippen LogP contribution in [-0.4, -0.2) is 58.9 Å². The summed E-state index contributed by atoms with van der Waals surface area (Å²) in [5.41, 5.74) is 3.83. The van der Waals surface area contributed by atoms with E-state index in [0.29, 0.717) is 29.9 Å². The number of aryl methyl sites for hydroxylation is 2. The molecule has 0 fully saturated rings. The quantitative estimate of drug-likeness (QED) is 0.351. The van der Waals surface area contributed by atoms with Crippen molar-refractivity contribution in [2.24, 2.45) is 7.05 Å². The van der Waals surface area contributed by atoms with Crippen molar-refractivity contribution in [3.63, 3.8) is 0 Å². The molecule has 216 valence electrons. The number of halogens is 1. The zero-order valence-corrected chi connectivity index (χ0v) is 25.4. The van der Waals surface area contributed by atoms with Crippen LogP contribution < -0.4 is 15.0 Å². The Kier molecular flexibility index (Phi) is 10.6. The Labute approximate surface area is 242 Å². The minimum atomic E-state index is -0.507. The number of methoxy groups -OCH3 is 1. The topological polar surface area (TPSA) is 88.9 Å². The molecule has 10 heteroatoms.